The van der Waals surface area contributed by atoms with Gasteiger partial charge in [-0.3, -0.25) is 4.72 Å². The minimum absolute atomic E-state index is 0.187. The Morgan fingerprint density at radius 2 is 1.43 bits per heavy atom. The van der Waals surface area contributed by atoms with E-state index in [1.54, 1.807) is 36.5 Å². The van der Waals surface area contributed by atoms with Crippen LogP contribution in [-0.2, 0) is 10.0 Å². The first kappa shape index (κ1) is 18.2. The van der Waals surface area contributed by atoms with Crippen molar-refractivity contribution in [3.05, 3.63) is 66.9 Å². The van der Waals surface area contributed by atoms with E-state index in [1.807, 2.05) is 18.2 Å². The molecule has 0 atom stereocenters. The van der Waals surface area contributed by atoms with Crippen LogP contribution < -0.4 is 14.5 Å². The van der Waals surface area contributed by atoms with Crippen LogP contribution in [0, 0.1) is 0 Å². The molecule has 0 saturated carbocycles. The Morgan fingerprint density at radius 1 is 0.750 bits per heavy atom. The molecule has 1 saturated heterocycles. The predicted octanol–water partition coefficient (Wildman–Crippen LogP) is 2.00. The topological polar surface area (TPSA) is 91.3 Å². The lowest BCUT2D eigenvalue weighted by Crippen LogP contribution is -2.47. The van der Waals surface area contributed by atoms with Gasteiger partial charge in [0.05, 0.1) is 4.90 Å². The van der Waals surface area contributed by atoms with Crippen molar-refractivity contribution >= 4 is 27.5 Å². The summed E-state index contributed by atoms with van der Waals surface area (Å²) in [5.74, 6) is 1.89. The van der Waals surface area contributed by atoms with Crippen LogP contribution in [0.3, 0.4) is 0 Å². The summed E-state index contributed by atoms with van der Waals surface area (Å²) in [6.07, 6.45) is 1.79. The van der Waals surface area contributed by atoms with Crippen LogP contribution in [-0.4, -0.2) is 49.8 Å². The quantitative estimate of drug-likeness (QED) is 0.705. The fraction of sp³-hybridized carbons (Fsp3) is 0.211. The molecule has 1 aliphatic rings. The third kappa shape index (κ3) is 4.04. The molecule has 1 fully saturated rings. The van der Waals surface area contributed by atoms with E-state index >= 15 is 0 Å². The molecule has 0 aliphatic carbocycles. The molecule has 8 nitrogen and oxygen atoms in total. The van der Waals surface area contributed by atoms with Crippen LogP contribution in [0.1, 0.15) is 0 Å². The molecule has 4 rings (SSSR count). The van der Waals surface area contributed by atoms with Crippen molar-refractivity contribution < 1.29 is 8.42 Å². The van der Waals surface area contributed by atoms with Crippen molar-refractivity contribution in [2.45, 2.75) is 4.90 Å². The third-order valence-electron chi connectivity index (χ3n) is 4.52. The Hall–Kier alpha value is -3.20. The highest BCUT2D eigenvalue weighted by Crippen LogP contribution is 2.19. The zero-order valence-electron chi connectivity index (χ0n) is 15.1. The molecule has 0 amide bonds. The summed E-state index contributed by atoms with van der Waals surface area (Å²) in [7, 11) is -3.67. The maximum Gasteiger partial charge on any atom is 0.263 e. The second-order valence-electron chi connectivity index (χ2n) is 6.36. The molecule has 0 spiro atoms. The molecule has 0 bridgehead atoms. The zero-order valence-corrected chi connectivity index (χ0v) is 16.0. The first-order valence-electron chi connectivity index (χ1n) is 8.94. The molecule has 1 N–H and O–H groups in total. The van der Waals surface area contributed by atoms with Crippen LogP contribution in [0.4, 0.5) is 17.5 Å². The third-order valence-corrected chi connectivity index (χ3v) is 5.89. The van der Waals surface area contributed by atoms with Gasteiger partial charge in [0, 0.05) is 32.4 Å². The van der Waals surface area contributed by atoms with Gasteiger partial charge < -0.3 is 9.80 Å². The monoisotopic (exact) mass is 396 g/mol. The average molecular weight is 396 g/mol. The van der Waals surface area contributed by atoms with Gasteiger partial charge >= 0.3 is 0 Å². The Morgan fingerprint density at radius 3 is 2.04 bits per heavy atom. The molecular formula is C19H20N6O2S. The van der Waals surface area contributed by atoms with E-state index in [0.717, 1.165) is 37.8 Å². The molecule has 3 aromatic rings. The zero-order chi connectivity index (χ0) is 19.4. The van der Waals surface area contributed by atoms with E-state index in [0.29, 0.717) is 0 Å². The minimum Gasteiger partial charge on any atom is -0.353 e. The molecule has 3 heterocycles. The molecule has 1 aromatic carbocycles. The van der Waals surface area contributed by atoms with Crippen LogP contribution in [0.25, 0.3) is 0 Å². The number of nitrogens with one attached hydrogen (secondary N) is 1. The number of nitrogens with zero attached hydrogens (tertiary/aromatic N) is 5. The number of aromatic nitrogens is 3. The van der Waals surface area contributed by atoms with E-state index in [-0.39, 0.29) is 10.7 Å². The van der Waals surface area contributed by atoms with E-state index in [1.165, 1.54) is 12.1 Å². The summed E-state index contributed by atoms with van der Waals surface area (Å²) in [5.41, 5.74) is 0. The molecule has 0 radical (unpaired) electrons. The van der Waals surface area contributed by atoms with Crippen molar-refractivity contribution in [3.63, 3.8) is 0 Å². The Balaban J connectivity index is 1.39. The SMILES string of the molecule is O=S(=O)(Nc1ccc(N2CCN(c3ccccn3)CC2)nn1)c1ccccc1. The number of anilines is 3. The smallest absolute Gasteiger partial charge is 0.263 e. The molecule has 0 unspecified atom stereocenters. The maximum absolute atomic E-state index is 12.4. The predicted molar refractivity (Wildman–Crippen MR) is 108 cm³/mol. The van der Waals surface area contributed by atoms with Gasteiger partial charge in [0.1, 0.15) is 5.82 Å². The van der Waals surface area contributed by atoms with Gasteiger partial charge in [-0.1, -0.05) is 24.3 Å². The number of piperazine rings is 1. The van der Waals surface area contributed by atoms with Crippen molar-refractivity contribution in [1.29, 1.82) is 0 Å². The summed E-state index contributed by atoms with van der Waals surface area (Å²) in [4.78, 5) is 8.93. The number of benzene rings is 1. The Bertz CT molecular complexity index is 1010. The molecular weight excluding hydrogens is 376 g/mol. The Labute approximate surface area is 163 Å². The van der Waals surface area contributed by atoms with Crippen molar-refractivity contribution in [1.82, 2.24) is 15.2 Å². The lowest BCUT2D eigenvalue weighted by molar-refractivity contribution is 0.601. The van der Waals surface area contributed by atoms with E-state index in [9.17, 15) is 8.42 Å². The van der Waals surface area contributed by atoms with Crippen LogP contribution >= 0.6 is 0 Å². The summed E-state index contributed by atoms with van der Waals surface area (Å²) in [5, 5.41) is 8.23. The highest BCUT2D eigenvalue weighted by Gasteiger charge is 2.20. The highest BCUT2D eigenvalue weighted by atomic mass is 32.2. The second kappa shape index (κ2) is 7.81. The highest BCUT2D eigenvalue weighted by molar-refractivity contribution is 7.92. The molecule has 9 heteroatoms. The summed E-state index contributed by atoms with van der Waals surface area (Å²) < 4.78 is 27.2. The normalized spacial score (nSPS) is 14.7. The first-order chi connectivity index (χ1) is 13.6. The maximum atomic E-state index is 12.4. The molecule has 2 aromatic heterocycles. The molecule has 1 aliphatic heterocycles. The summed E-state index contributed by atoms with van der Waals surface area (Å²) in [6, 6.07) is 17.5. The largest absolute Gasteiger partial charge is 0.353 e. The second-order valence-corrected chi connectivity index (χ2v) is 8.04. The number of hydrogen-bond acceptors (Lipinski definition) is 7. The van der Waals surface area contributed by atoms with Gasteiger partial charge in [-0.05, 0) is 36.4 Å². The van der Waals surface area contributed by atoms with Gasteiger partial charge in [0.25, 0.3) is 10.0 Å². The van der Waals surface area contributed by atoms with E-state index in [4.69, 9.17) is 0 Å². The van der Waals surface area contributed by atoms with Crippen LogP contribution in [0.2, 0.25) is 0 Å². The van der Waals surface area contributed by atoms with E-state index < -0.39 is 10.0 Å². The van der Waals surface area contributed by atoms with Gasteiger partial charge in [-0.2, -0.15) is 0 Å². The number of hydrogen-bond donors (Lipinski definition) is 1. The first-order valence-corrected chi connectivity index (χ1v) is 10.4. The molecule has 28 heavy (non-hydrogen) atoms. The fourth-order valence-corrected chi connectivity index (χ4v) is 4.07. The van der Waals surface area contributed by atoms with Gasteiger partial charge in [-0.25, -0.2) is 13.4 Å². The summed E-state index contributed by atoms with van der Waals surface area (Å²) >= 11 is 0. The van der Waals surface area contributed by atoms with E-state index in [2.05, 4.69) is 29.7 Å². The number of sulfonamides is 1. The van der Waals surface area contributed by atoms with Crippen LogP contribution in [0.15, 0.2) is 71.8 Å². The Kier molecular flexibility index (Phi) is 5.07. The van der Waals surface area contributed by atoms with Gasteiger partial charge in [0.2, 0.25) is 0 Å². The lowest BCUT2D eigenvalue weighted by atomic mass is 10.3. The summed E-state index contributed by atoms with van der Waals surface area (Å²) in [6.45, 7) is 3.25. The lowest BCUT2D eigenvalue weighted by Gasteiger charge is -2.35. The van der Waals surface area contributed by atoms with Gasteiger partial charge in [0.15, 0.2) is 11.6 Å². The average Bonchev–Trinajstić information content (AvgIpc) is 2.75. The van der Waals surface area contributed by atoms with Gasteiger partial charge in [-0.15, -0.1) is 10.2 Å². The number of rotatable bonds is 5. The fourth-order valence-electron chi connectivity index (χ4n) is 3.05. The van der Waals surface area contributed by atoms with Crippen molar-refractivity contribution in [2.75, 3.05) is 40.7 Å². The molecule has 144 valence electrons. The standard InChI is InChI=1S/C19H20N6O2S/c26-28(27,16-6-2-1-3-7-16)23-17-9-10-19(22-21-17)25-14-12-24(13-15-25)18-8-4-5-11-20-18/h1-11H,12-15H2,(H,21,23). The van der Waals surface area contributed by atoms with Crippen molar-refractivity contribution in [2.24, 2.45) is 0 Å². The van der Waals surface area contributed by atoms with Crippen LogP contribution in [0.5, 0.6) is 0 Å². The van der Waals surface area contributed by atoms with Crippen molar-refractivity contribution in [3.8, 4) is 0 Å². The number of pyridine rings is 1. The minimum atomic E-state index is -3.67.